The number of aromatic hydroxyl groups is 1. The van der Waals surface area contributed by atoms with Gasteiger partial charge in [0.05, 0.1) is 0 Å². The Hall–Kier alpha value is -0.266. The molecule has 0 aliphatic rings. The third kappa shape index (κ3) is 5.39. The van der Waals surface area contributed by atoms with Gasteiger partial charge in [0, 0.05) is 0 Å². The van der Waals surface area contributed by atoms with E-state index in [0.29, 0.717) is 5.75 Å². The SMILES string of the molecule is Cc1cc(C)cc(O)c1.[CH3-].[CH3-].[Ti+2]. The molecule has 0 atom stereocenters. The zero-order valence-corrected chi connectivity index (χ0v) is 9.74. The third-order valence-electron chi connectivity index (χ3n) is 1.21. The summed E-state index contributed by atoms with van der Waals surface area (Å²) in [6, 6.07) is 5.51. The van der Waals surface area contributed by atoms with Gasteiger partial charge in [0.2, 0.25) is 0 Å². The maximum atomic E-state index is 8.99. The van der Waals surface area contributed by atoms with Crippen LogP contribution >= 0.6 is 0 Å². The standard InChI is InChI=1S/C8H10O.2CH3.Ti/c1-6-3-7(2)5-8(9)4-6;;;/h3-5,9H,1-2H3;2*1H3;/q;2*-1;+2. The Bertz CT molecular complexity index is 171. The number of benzene rings is 1. The maximum absolute atomic E-state index is 8.99. The van der Waals surface area contributed by atoms with Gasteiger partial charge in [-0.1, -0.05) is 6.07 Å². The van der Waals surface area contributed by atoms with Gasteiger partial charge in [-0.3, -0.25) is 0 Å². The number of rotatable bonds is 0. The first-order valence-corrected chi connectivity index (χ1v) is 2.96. The molecule has 0 bridgehead atoms. The van der Waals surface area contributed by atoms with Gasteiger partial charge in [0.1, 0.15) is 5.75 Å². The molecule has 0 spiro atoms. The second-order valence-electron chi connectivity index (χ2n) is 2.35. The fraction of sp³-hybridized carbons (Fsp3) is 0.200. The molecule has 1 aromatic rings. The van der Waals surface area contributed by atoms with E-state index in [1.807, 2.05) is 19.9 Å². The van der Waals surface area contributed by atoms with Gasteiger partial charge < -0.3 is 20.0 Å². The zero-order chi connectivity index (χ0) is 6.85. The molecule has 1 rings (SSSR count). The van der Waals surface area contributed by atoms with Crippen LogP contribution in [0.25, 0.3) is 0 Å². The van der Waals surface area contributed by atoms with Crippen LogP contribution in [0.1, 0.15) is 11.1 Å². The quantitative estimate of drug-likeness (QED) is 0.504. The van der Waals surface area contributed by atoms with Gasteiger partial charge in [0.15, 0.2) is 0 Å². The van der Waals surface area contributed by atoms with E-state index in [0.717, 1.165) is 11.1 Å². The molecule has 0 aromatic heterocycles. The van der Waals surface area contributed by atoms with E-state index in [-0.39, 0.29) is 36.6 Å². The first-order chi connectivity index (χ1) is 4.18. The minimum atomic E-state index is 0. The van der Waals surface area contributed by atoms with Crippen molar-refractivity contribution in [3.63, 3.8) is 0 Å². The minimum absolute atomic E-state index is 0. The summed E-state index contributed by atoms with van der Waals surface area (Å²) in [7, 11) is 0. The number of phenols is 1. The third-order valence-corrected chi connectivity index (χ3v) is 1.21. The van der Waals surface area contributed by atoms with Crippen molar-refractivity contribution in [3.05, 3.63) is 44.2 Å². The summed E-state index contributed by atoms with van der Waals surface area (Å²) >= 11 is 0. The smallest absolute Gasteiger partial charge is 0.508 e. The van der Waals surface area contributed by atoms with Crippen molar-refractivity contribution in [2.24, 2.45) is 0 Å². The van der Waals surface area contributed by atoms with Crippen molar-refractivity contribution >= 4 is 0 Å². The van der Waals surface area contributed by atoms with Crippen LogP contribution in [-0.2, 0) is 21.7 Å². The van der Waals surface area contributed by atoms with Crippen LogP contribution in [0.4, 0.5) is 0 Å². The van der Waals surface area contributed by atoms with Crippen molar-refractivity contribution in [2.75, 3.05) is 0 Å². The predicted octanol–water partition coefficient (Wildman–Crippen LogP) is 2.91. The molecule has 0 heterocycles. The Morgan fingerprint density at radius 1 is 0.917 bits per heavy atom. The molecular formula is C10H16OTi. The molecule has 0 saturated heterocycles. The van der Waals surface area contributed by atoms with E-state index >= 15 is 0 Å². The van der Waals surface area contributed by atoms with Crippen LogP contribution < -0.4 is 0 Å². The second-order valence-corrected chi connectivity index (χ2v) is 2.35. The molecule has 0 aliphatic heterocycles. The molecule has 0 radical (unpaired) electrons. The Kier molecular flexibility index (Phi) is 10.9. The summed E-state index contributed by atoms with van der Waals surface area (Å²) in [5.74, 6) is 0.354. The average molecular weight is 200 g/mol. The number of phenolic OH excluding ortho intramolecular Hbond substituents is 1. The molecule has 1 aromatic carbocycles. The van der Waals surface area contributed by atoms with Crippen molar-refractivity contribution in [1.29, 1.82) is 0 Å². The molecule has 12 heavy (non-hydrogen) atoms. The Morgan fingerprint density at radius 3 is 1.50 bits per heavy atom. The van der Waals surface area contributed by atoms with Gasteiger partial charge in [0.25, 0.3) is 0 Å². The maximum Gasteiger partial charge on any atom is 2.00 e. The van der Waals surface area contributed by atoms with Gasteiger partial charge in [-0.2, -0.15) is 0 Å². The number of aryl methyl sites for hydroxylation is 2. The van der Waals surface area contributed by atoms with Crippen LogP contribution in [0.5, 0.6) is 5.75 Å². The largest absolute Gasteiger partial charge is 2.00 e. The average Bonchev–Trinajstić information content (AvgIpc) is 1.59. The molecule has 66 valence electrons. The van der Waals surface area contributed by atoms with Crippen molar-refractivity contribution in [2.45, 2.75) is 13.8 Å². The molecule has 0 aliphatic carbocycles. The summed E-state index contributed by atoms with van der Waals surface area (Å²) in [6.45, 7) is 3.93. The molecule has 0 unspecified atom stereocenters. The summed E-state index contributed by atoms with van der Waals surface area (Å²) < 4.78 is 0. The monoisotopic (exact) mass is 200 g/mol. The summed E-state index contributed by atoms with van der Waals surface area (Å²) in [4.78, 5) is 0. The van der Waals surface area contributed by atoms with Crippen molar-refractivity contribution in [3.8, 4) is 5.75 Å². The van der Waals surface area contributed by atoms with Gasteiger partial charge in [-0.25, -0.2) is 0 Å². The molecule has 1 N–H and O–H groups in total. The van der Waals surface area contributed by atoms with E-state index in [1.165, 1.54) is 0 Å². The fourth-order valence-electron chi connectivity index (χ4n) is 0.951. The Balaban J connectivity index is -0.000000270. The second kappa shape index (κ2) is 7.39. The summed E-state index contributed by atoms with van der Waals surface area (Å²) in [5.41, 5.74) is 2.21. The van der Waals surface area contributed by atoms with Gasteiger partial charge >= 0.3 is 21.7 Å². The predicted molar refractivity (Wildman–Crippen MR) is 50.4 cm³/mol. The van der Waals surface area contributed by atoms with E-state index in [4.69, 9.17) is 5.11 Å². The topological polar surface area (TPSA) is 20.2 Å². The number of hydrogen-bond donors (Lipinski definition) is 1. The molecule has 0 fully saturated rings. The molecule has 0 saturated carbocycles. The van der Waals surface area contributed by atoms with Crippen molar-refractivity contribution in [1.82, 2.24) is 0 Å². The number of hydrogen-bond acceptors (Lipinski definition) is 1. The first-order valence-electron chi connectivity index (χ1n) is 2.96. The van der Waals surface area contributed by atoms with Crippen LogP contribution in [0.3, 0.4) is 0 Å². The van der Waals surface area contributed by atoms with Crippen LogP contribution in [0.15, 0.2) is 18.2 Å². The van der Waals surface area contributed by atoms with E-state index in [1.54, 1.807) is 12.1 Å². The van der Waals surface area contributed by atoms with Gasteiger partial charge in [-0.05, 0) is 37.1 Å². The normalized spacial score (nSPS) is 7.17. The zero-order valence-electron chi connectivity index (χ0n) is 8.18. The summed E-state index contributed by atoms with van der Waals surface area (Å²) in [6.07, 6.45) is 0. The van der Waals surface area contributed by atoms with E-state index < -0.39 is 0 Å². The van der Waals surface area contributed by atoms with E-state index in [9.17, 15) is 0 Å². The molecule has 2 heteroatoms. The fourth-order valence-corrected chi connectivity index (χ4v) is 0.951. The Morgan fingerprint density at radius 2 is 1.25 bits per heavy atom. The first kappa shape index (κ1) is 17.7. The van der Waals surface area contributed by atoms with Gasteiger partial charge in [-0.15, -0.1) is 0 Å². The molecule has 1 nitrogen and oxygen atoms in total. The van der Waals surface area contributed by atoms with Crippen LogP contribution in [-0.4, -0.2) is 5.11 Å². The Labute approximate surface area is 90.7 Å². The minimum Gasteiger partial charge on any atom is -0.508 e. The van der Waals surface area contributed by atoms with Crippen molar-refractivity contribution < 1.29 is 26.8 Å². The van der Waals surface area contributed by atoms with Crippen LogP contribution in [0, 0.1) is 28.7 Å². The molecular weight excluding hydrogens is 184 g/mol. The molecule has 0 amide bonds. The van der Waals surface area contributed by atoms with Crippen LogP contribution in [0.2, 0.25) is 0 Å². The summed E-state index contributed by atoms with van der Waals surface area (Å²) in [5, 5.41) is 8.99. The van der Waals surface area contributed by atoms with E-state index in [2.05, 4.69) is 0 Å².